The third-order valence-corrected chi connectivity index (χ3v) is 8.73. The molecule has 0 aliphatic carbocycles. The number of esters is 1. The highest BCUT2D eigenvalue weighted by molar-refractivity contribution is 6.00. The zero-order chi connectivity index (χ0) is 29.9. The number of hydrogen-bond donors (Lipinski definition) is 1. The van der Waals surface area contributed by atoms with E-state index in [0.29, 0.717) is 6.42 Å². The SMILES string of the molecule is CC[C@H]1OC(=O)[C@H](C)C(=O)[C@H](C)[C@@H](O[C@@H]2OC(C)CC(N(C)C)C2C)[C@](C)(OC)C[C@@H](C)C(=O)/C=C/[C@]1(C)O. The number of methoxy groups -OCH3 is 1. The van der Waals surface area contributed by atoms with E-state index in [2.05, 4.69) is 11.8 Å². The molecule has 9 heteroatoms. The van der Waals surface area contributed by atoms with E-state index in [1.165, 1.54) is 33.1 Å². The van der Waals surface area contributed by atoms with Crippen LogP contribution in [-0.4, -0.2) is 90.6 Å². The zero-order valence-corrected chi connectivity index (χ0v) is 25.7. The number of cyclic esters (lactones) is 1. The van der Waals surface area contributed by atoms with Crippen LogP contribution in [0.3, 0.4) is 0 Å². The molecule has 1 N–H and O–H groups in total. The minimum atomic E-state index is -1.58. The van der Waals surface area contributed by atoms with Gasteiger partial charge < -0.3 is 29.0 Å². The van der Waals surface area contributed by atoms with Crippen LogP contribution >= 0.6 is 0 Å². The number of Topliss-reactive ketones (excluding diaryl/α,β-unsaturated/α-hetero) is 1. The van der Waals surface area contributed by atoms with Crippen molar-refractivity contribution in [2.24, 2.45) is 23.7 Å². The summed E-state index contributed by atoms with van der Waals surface area (Å²) in [5.74, 6) is -3.71. The lowest BCUT2D eigenvalue weighted by Crippen LogP contribution is -2.56. The standard InChI is InChI=1S/C30H51NO8/c1-12-24-29(7,35)14-13-23(32)17(2)16-30(8,36-11)26(20(5)25(33)21(6)27(34)38-24)39-28-19(4)22(31(9)10)15-18(3)37-28/h13-14,17-22,24,26,28,35H,12,15-16H2,1-11H3/b14-13+/t17-,18?,19?,20+,21-,22?,24-,26-,28+,29+,30-/m1/s1. The van der Waals surface area contributed by atoms with E-state index in [-0.39, 0.29) is 36.1 Å². The summed E-state index contributed by atoms with van der Waals surface area (Å²) < 4.78 is 24.5. The van der Waals surface area contributed by atoms with Gasteiger partial charge in [-0.25, -0.2) is 0 Å². The van der Waals surface area contributed by atoms with Crippen LogP contribution in [0, 0.1) is 23.7 Å². The maximum atomic E-state index is 13.8. The maximum absolute atomic E-state index is 13.8. The zero-order valence-electron chi connectivity index (χ0n) is 25.7. The Morgan fingerprint density at radius 3 is 2.26 bits per heavy atom. The summed E-state index contributed by atoms with van der Waals surface area (Å²) in [6.45, 7) is 14.2. The van der Waals surface area contributed by atoms with E-state index in [1.807, 2.05) is 27.9 Å². The van der Waals surface area contributed by atoms with Crippen molar-refractivity contribution in [3.63, 3.8) is 0 Å². The number of ether oxygens (including phenoxy) is 4. The van der Waals surface area contributed by atoms with E-state index in [9.17, 15) is 19.5 Å². The van der Waals surface area contributed by atoms with Crippen LogP contribution in [0.1, 0.15) is 74.7 Å². The summed E-state index contributed by atoms with van der Waals surface area (Å²) >= 11 is 0. The van der Waals surface area contributed by atoms with Gasteiger partial charge in [-0.15, -0.1) is 0 Å². The molecule has 2 heterocycles. The monoisotopic (exact) mass is 553 g/mol. The van der Waals surface area contributed by atoms with Crippen molar-refractivity contribution >= 4 is 17.5 Å². The van der Waals surface area contributed by atoms with Gasteiger partial charge in [0.15, 0.2) is 17.9 Å². The number of nitrogens with zero attached hydrogens (tertiary/aromatic N) is 1. The minimum Gasteiger partial charge on any atom is -0.458 e. The summed E-state index contributed by atoms with van der Waals surface area (Å²) in [5.41, 5.74) is -2.65. The summed E-state index contributed by atoms with van der Waals surface area (Å²) in [7, 11) is 5.59. The second-order valence-electron chi connectivity index (χ2n) is 12.3. The maximum Gasteiger partial charge on any atom is 0.316 e. The second kappa shape index (κ2) is 13.3. The molecular weight excluding hydrogens is 502 g/mol. The number of rotatable bonds is 5. The van der Waals surface area contributed by atoms with E-state index in [4.69, 9.17) is 18.9 Å². The van der Waals surface area contributed by atoms with Crippen molar-refractivity contribution in [1.29, 1.82) is 0 Å². The van der Waals surface area contributed by atoms with Gasteiger partial charge in [0.25, 0.3) is 0 Å². The van der Waals surface area contributed by atoms with Crippen molar-refractivity contribution in [3.8, 4) is 0 Å². The van der Waals surface area contributed by atoms with Crippen molar-refractivity contribution in [2.75, 3.05) is 21.2 Å². The van der Waals surface area contributed by atoms with Crippen molar-refractivity contribution in [2.45, 2.75) is 116 Å². The normalized spacial score (nSPS) is 44.1. The highest BCUT2D eigenvalue weighted by Gasteiger charge is 2.49. The number of allylic oxidation sites excluding steroid dienone is 1. The average Bonchev–Trinajstić information content (AvgIpc) is 2.87. The van der Waals surface area contributed by atoms with Crippen LogP contribution in [-0.2, 0) is 33.3 Å². The largest absolute Gasteiger partial charge is 0.458 e. The molecule has 1 fully saturated rings. The van der Waals surface area contributed by atoms with Gasteiger partial charge in [-0.1, -0.05) is 27.7 Å². The minimum absolute atomic E-state index is 0.00961. The highest BCUT2D eigenvalue weighted by atomic mass is 16.7. The summed E-state index contributed by atoms with van der Waals surface area (Å²) in [6.07, 6.45) is 1.68. The molecule has 3 unspecified atom stereocenters. The predicted octanol–water partition coefficient (Wildman–Crippen LogP) is 3.56. The molecule has 1 saturated heterocycles. The van der Waals surface area contributed by atoms with Crippen LogP contribution in [0.4, 0.5) is 0 Å². The first-order valence-corrected chi connectivity index (χ1v) is 14.2. The van der Waals surface area contributed by atoms with E-state index >= 15 is 0 Å². The molecule has 0 aromatic heterocycles. The van der Waals surface area contributed by atoms with Crippen LogP contribution < -0.4 is 0 Å². The highest BCUT2D eigenvalue weighted by Crippen LogP contribution is 2.38. The van der Waals surface area contributed by atoms with Gasteiger partial charge in [0.1, 0.15) is 17.6 Å². The number of carbonyl (C=O) groups is 3. The molecule has 2 rings (SSSR count). The van der Waals surface area contributed by atoms with Gasteiger partial charge in [0.05, 0.1) is 17.8 Å². The first-order valence-electron chi connectivity index (χ1n) is 14.2. The van der Waals surface area contributed by atoms with Crippen molar-refractivity contribution in [1.82, 2.24) is 4.90 Å². The summed E-state index contributed by atoms with van der Waals surface area (Å²) in [4.78, 5) is 42.2. The Balaban J connectivity index is 2.57. The van der Waals surface area contributed by atoms with Crippen molar-refractivity contribution < 1.29 is 38.4 Å². The molecule has 2 aliphatic rings. The van der Waals surface area contributed by atoms with Gasteiger partial charge in [-0.3, -0.25) is 14.4 Å². The molecule has 2 aliphatic heterocycles. The summed E-state index contributed by atoms with van der Waals surface area (Å²) in [6, 6.07) is 0.204. The Bertz CT molecular complexity index is 901. The lowest BCUT2D eigenvalue weighted by molar-refractivity contribution is -0.280. The Kier molecular flexibility index (Phi) is 11.5. The fourth-order valence-corrected chi connectivity index (χ4v) is 5.98. The van der Waals surface area contributed by atoms with E-state index in [1.54, 1.807) is 20.8 Å². The molecule has 9 nitrogen and oxygen atoms in total. The van der Waals surface area contributed by atoms with E-state index < -0.39 is 53.4 Å². The Labute approximate surface area is 234 Å². The molecule has 0 amide bonds. The average molecular weight is 554 g/mol. The smallest absolute Gasteiger partial charge is 0.316 e. The Hall–Kier alpha value is -1.65. The Morgan fingerprint density at radius 2 is 1.72 bits per heavy atom. The Morgan fingerprint density at radius 1 is 1.10 bits per heavy atom. The third-order valence-electron chi connectivity index (χ3n) is 8.73. The number of ketones is 2. The van der Waals surface area contributed by atoms with Crippen LogP contribution in [0.25, 0.3) is 0 Å². The number of carbonyl (C=O) groups excluding carboxylic acids is 3. The number of hydrogen-bond acceptors (Lipinski definition) is 9. The molecule has 11 atom stereocenters. The van der Waals surface area contributed by atoms with Crippen LogP contribution in [0.2, 0.25) is 0 Å². The quantitative estimate of drug-likeness (QED) is 0.403. The first-order chi connectivity index (χ1) is 18.0. The molecule has 0 aromatic rings. The molecule has 39 heavy (non-hydrogen) atoms. The van der Waals surface area contributed by atoms with E-state index in [0.717, 1.165) is 6.42 Å². The molecule has 224 valence electrons. The fraction of sp³-hybridized carbons (Fsp3) is 0.833. The lowest BCUT2D eigenvalue weighted by atomic mass is 9.77. The van der Waals surface area contributed by atoms with Gasteiger partial charge in [-0.2, -0.15) is 0 Å². The summed E-state index contributed by atoms with van der Waals surface area (Å²) in [5, 5.41) is 11.0. The topological polar surface area (TPSA) is 112 Å². The second-order valence-corrected chi connectivity index (χ2v) is 12.3. The molecule has 0 bridgehead atoms. The van der Waals surface area contributed by atoms with Crippen molar-refractivity contribution in [3.05, 3.63) is 12.2 Å². The third kappa shape index (κ3) is 7.76. The molecule has 0 radical (unpaired) electrons. The van der Waals surface area contributed by atoms with Crippen LogP contribution in [0.15, 0.2) is 12.2 Å². The van der Waals surface area contributed by atoms with Gasteiger partial charge in [0, 0.05) is 30.9 Å². The number of aliphatic hydroxyl groups is 1. The fourth-order valence-electron chi connectivity index (χ4n) is 5.98. The van der Waals surface area contributed by atoms with Gasteiger partial charge >= 0.3 is 5.97 Å². The van der Waals surface area contributed by atoms with Gasteiger partial charge in [0.2, 0.25) is 0 Å². The molecule has 0 saturated carbocycles. The van der Waals surface area contributed by atoms with Gasteiger partial charge in [-0.05, 0) is 73.2 Å². The lowest BCUT2D eigenvalue weighted by Gasteiger charge is -2.47. The molecular formula is C30H51NO8. The molecule has 0 spiro atoms. The molecule has 0 aromatic carbocycles. The predicted molar refractivity (Wildman–Crippen MR) is 148 cm³/mol. The first kappa shape index (κ1) is 33.6. The van der Waals surface area contributed by atoms with Crippen LogP contribution in [0.5, 0.6) is 0 Å².